The predicted molar refractivity (Wildman–Crippen MR) is 73.5 cm³/mol. The molecule has 1 N–H and O–H groups in total. The van der Waals surface area contributed by atoms with Crippen LogP contribution >= 0.6 is 15.9 Å². The Morgan fingerprint density at radius 2 is 2.06 bits per heavy atom. The van der Waals surface area contributed by atoms with Crippen molar-refractivity contribution >= 4 is 15.9 Å². The lowest BCUT2D eigenvalue weighted by Gasteiger charge is -2.10. The molecule has 0 radical (unpaired) electrons. The summed E-state index contributed by atoms with van der Waals surface area (Å²) in [6, 6.07) is 8.37. The van der Waals surface area contributed by atoms with Crippen molar-refractivity contribution in [2.24, 2.45) is 0 Å². The minimum Gasteiger partial charge on any atom is -0.457 e. The maximum Gasteiger partial charge on any atom is 0.174 e. The first-order valence-electron chi connectivity index (χ1n) is 6.25. The van der Waals surface area contributed by atoms with Gasteiger partial charge in [0, 0.05) is 12.0 Å². The molecule has 0 saturated carbocycles. The number of hydrogen-bond acceptors (Lipinski definition) is 2. The van der Waals surface area contributed by atoms with Crippen LogP contribution < -0.4 is 0 Å². The van der Waals surface area contributed by atoms with Gasteiger partial charge in [-0.3, -0.25) is 0 Å². The van der Waals surface area contributed by atoms with E-state index in [0.29, 0.717) is 11.1 Å². The standard InChI is InChI=1S/C15H15BrO2/c16-15-13(6-7-18-15)14(17)9-10-4-5-11-2-1-3-12(11)8-10/h4-8,14,17H,1-3,9H2. The SMILES string of the molecule is OC(Cc1ccc2c(c1)CCC2)c1ccoc1Br. The average Bonchev–Trinajstić information content (AvgIpc) is 2.96. The molecule has 94 valence electrons. The summed E-state index contributed by atoms with van der Waals surface area (Å²) in [5.41, 5.74) is 4.93. The van der Waals surface area contributed by atoms with Gasteiger partial charge in [0.1, 0.15) is 0 Å². The minimum atomic E-state index is -0.516. The van der Waals surface area contributed by atoms with Crippen LogP contribution in [0.1, 0.15) is 34.8 Å². The lowest BCUT2D eigenvalue weighted by molar-refractivity contribution is 0.176. The fraction of sp³-hybridized carbons (Fsp3) is 0.333. The van der Waals surface area contributed by atoms with Crippen molar-refractivity contribution in [2.75, 3.05) is 0 Å². The van der Waals surface area contributed by atoms with E-state index < -0.39 is 6.10 Å². The third-order valence-electron chi connectivity index (χ3n) is 3.60. The van der Waals surface area contributed by atoms with Crippen LogP contribution in [0.4, 0.5) is 0 Å². The number of rotatable bonds is 3. The number of fused-ring (bicyclic) bond motifs is 1. The molecule has 0 saturated heterocycles. The Bertz CT molecular complexity index is 559. The molecule has 1 aromatic heterocycles. The number of hydrogen-bond donors (Lipinski definition) is 1. The maximum absolute atomic E-state index is 10.2. The number of aliphatic hydroxyl groups is 1. The highest BCUT2D eigenvalue weighted by atomic mass is 79.9. The Morgan fingerprint density at radius 3 is 2.83 bits per heavy atom. The van der Waals surface area contributed by atoms with Crippen molar-refractivity contribution in [3.8, 4) is 0 Å². The smallest absolute Gasteiger partial charge is 0.174 e. The normalized spacial score (nSPS) is 15.7. The van der Waals surface area contributed by atoms with Gasteiger partial charge in [-0.2, -0.15) is 0 Å². The van der Waals surface area contributed by atoms with Crippen LogP contribution in [0.15, 0.2) is 39.6 Å². The molecule has 1 aliphatic carbocycles. The molecule has 18 heavy (non-hydrogen) atoms. The van der Waals surface area contributed by atoms with Gasteiger partial charge >= 0.3 is 0 Å². The Labute approximate surface area is 115 Å². The Hall–Kier alpha value is -1.06. The van der Waals surface area contributed by atoms with Gasteiger partial charge in [-0.05, 0) is 57.9 Å². The van der Waals surface area contributed by atoms with Crippen LogP contribution in [-0.2, 0) is 19.3 Å². The quantitative estimate of drug-likeness (QED) is 0.935. The summed E-state index contributed by atoms with van der Waals surface area (Å²) in [7, 11) is 0. The van der Waals surface area contributed by atoms with E-state index in [4.69, 9.17) is 4.42 Å². The number of aryl methyl sites for hydroxylation is 2. The molecule has 0 amide bonds. The van der Waals surface area contributed by atoms with E-state index in [1.54, 1.807) is 6.26 Å². The van der Waals surface area contributed by atoms with Crippen molar-refractivity contribution < 1.29 is 9.52 Å². The van der Waals surface area contributed by atoms with Crippen LogP contribution in [0.3, 0.4) is 0 Å². The van der Waals surface area contributed by atoms with Crippen molar-refractivity contribution in [1.29, 1.82) is 0 Å². The van der Waals surface area contributed by atoms with E-state index in [1.807, 2.05) is 6.07 Å². The molecule has 0 fully saturated rings. The van der Waals surface area contributed by atoms with E-state index in [0.717, 1.165) is 5.56 Å². The molecule has 3 heteroatoms. The topological polar surface area (TPSA) is 33.4 Å². The molecular weight excluding hydrogens is 292 g/mol. The molecule has 1 heterocycles. The lowest BCUT2D eigenvalue weighted by Crippen LogP contribution is -2.01. The van der Waals surface area contributed by atoms with E-state index >= 15 is 0 Å². The zero-order valence-electron chi connectivity index (χ0n) is 10.0. The Kier molecular flexibility index (Phi) is 3.27. The molecule has 0 spiro atoms. The number of furan rings is 1. The van der Waals surface area contributed by atoms with Gasteiger partial charge in [0.15, 0.2) is 4.67 Å². The number of benzene rings is 1. The summed E-state index contributed by atoms with van der Waals surface area (Å²) in [6.45, 7) is 0. The zero-order chi connectivity index (χ0) is 12.5. The van der Waals surface area contributed by atoms with Crippen molar-refractivity contribution in [1.82, 2.24) is 0 Å². The highest BCUT2D eigenvalue weighted by Gasteiger charge is 2.16. The fourth-order valence-corrected chi connectivity index (χ4v) is 3.13. The van der Waals surface area contributed by atoms with Gasteiger partial charge in [-0.25, -0.2) is 0 Å². The van der Waals surface area contributed by atoms with Crippen LogP contribution in [0.5, 0.6) is 0 Å². The molecule has 1 aliphatic rings. The summed E-state index contributed by atoms with van der Waals surface area (Å²) in [5, 5.41) is 10.2. The highest BCUT2D eigenvalue weighted by molar-refractivity contribution is 9.10. The first-order chi connectivity index (χ1) is 8.74. The Morgan fingerprint density at radius 1 is 1.22 bits per heavy atom. The molecule has 0 bridgehead atoms. The second-order valence-electron chi connectivity index (χ2n) is 4.83. The maximum atomic E-state index is 10.2. The van der Waals surface area contributed by atoms with Gasteiger partial charge in [-0.15, -0.1) is 0 Å². The predicted octanol–water partition coefficient (Wildman–Crippen LogP) is 3.81. The third-order valence-corrected chi connectivity index (χ3v) is 4.24. The summed E-state index contributed by atoms with van der Waals surface area (Å²) < 4.78 is 5.78. The van der Waals surface area contributed by atoms with Gasteiger partial charge in [0.25, 0.3) is 0 Å². The van der Waals surface area contributed by atoms with Gasteiger partial charge in [0.05, 0.1) is 12.4 Å². The van der Waals surface area contributed by atoms with Gasteiger partial charge in [0.2, 0.25) is 0 Å². The van der Waals surface area contributed by atoms with E-state index in [1.165, 1.54) is 36.0 Å². The number of halogens is 1. The molecule has 0 aliphatic heterocycles. The van der Waals surface area contributed by atoms with Crippen LogP contribution in [0.2, 0.25) is 0 Å². The van der Waals surface area contributed by atoms with Crippen molar-refractivity contribution in [3.05, 3.63) is 57.5 Å². The van der Waals surface area contributed by atoms with E-state index in [9.17, 15) is 5.11 Å². The van der Waals surface area contributed by atoms with E-state index in [-0.39, 0.29) is 0 Å². The van der Waals surface area contributed by atoms with Gasteiger partial charge < -0.3 is 9.52 Å². The van der Waals surface area contributed by atoms with Crippen molar-refractivity contribution in [3.63, 3.8) is 0 Å². The summed E-state index contributed by atoms with van der Waals surface area (Å²) >= 11 is 3.30. The van der Waals surface area contributed by atoms with Crippen LogP contribution in [0.25, 0.3) is 0 Å². The third kappa shape index (κ3) is 2.25. The molecule has 2 aromatic rings. The summed E-state index contributed by atoms with van der Waals surface area (Å²) in [4.78, 5) is 0. The molecular formula is C15H15BrO2. The van der Waals surface area contributed by atoms with Crippen LogP contribution in [-0.4, -0.2) is 5.11 Å². The molecule has 1 atom stereocenters. The molecule has 1 unspecified atom stereocenters. The first kappa shape index (κ1) is 12.0. The summed E-state index contributed by atoms with van der Waals surface area (Å²) in [5.74, 6) is 0. The molecule has 2 nitrogen and oxygen atoms in total. The highest BCUT2D eigenvalue weighted by Crippen LogP contribution is 2.29. The van der Waals surface area contributed by atoms with Crippen LogP contribution in [0, 0.1) is 0 Å². The second-order valence-corrected chi connectivity index (χ2v) is 5.55. The number of aliphatic hydroxyl groups excluding tert-OH is 1. The van der Waals surface area contributed by atoms with Crippen molar-refractivity contribution in [2.45, 2.75) is 31.8 Å². The lowest BCUT2D eigenvalue weighted by atomic mass is 10.00. The second kappa shape index (κ2) is 4.90. The minimum absolute atomic E-state index is 0.516. The fourth-order valence-electron chi connectivity index (χ4n) is 2.63. The van der Waals surface area contributed by atoms with E-state index in [2.05, 4.69) is 34.1 Å². The zero-order valence-corrected chi connectivity index (χ0v) is 11.6. The molecule has 3 rings (SSSR count). The first-order valence-corrected chi connectivity index (χ1v) is 7.05. The van der Waals surface area contributed by atoms with Gasteiger partial charge in [-0.1, -0.05) is 18.2 Å². The molecule has 1 aromatic carbocycles. The largest absolute Gasteiger partial charge is 0.457 e. The monoisotopic (exact) mass is 306 g/mol. The Balaban J connectivity index is 1.79. The average molecular weight is 307 g/mol. The summed E-state index contributed by atoms with van der Waals surface area (Å²) in [6.07, 6.45) is 5.34.